The molecule has 0 aliphatic rings. The number of aromatic hydroxyl groups is 1. The number of sulfonamides is 1. The van der Waals surface area contributed by atoms with Gasteiger partial charge in [-0.15, -0.1) is 0 Å². The maximum Gasteiger partial charge on any atom is 0.252 e. The zero-order chi connectivity index (χ0) is 20.4. The standard InChI is InChI=1S/C16H20BrCl2NO5SSi/c1-27(2,3)25-15-13(21)14(12-10(18)6-4-7-11(12)19)24-16(15)20-26(22,23)9-5-8-17/h4,6-7,20-21H,5,8-9H2,1-3H3. The van der Waals surface area contributed by atoms with E-state index >= 15 is 0 Å². The number of furan rings is 1. The maximum atomic E-state index is 12.3. The molecule has 0 saturated carbocycles. The summed E-state index contributed by atoms with van der Waals surface area (Å²) < 4.78 is 38.4. The molecule has 0 saturated heterocycles. The highest BCUT2D eigenvalue weighted by atomic mass is 79.9. The molecule has 0 atom stereocenters. The summed E-state index contributed by atoms with van der Waals surface area (Å²) in [6.07, 6.45) is 0.412. The molecule has 150 valence electrons. The van der Waals surface area contributed by atoms with E-state index in [0.717, 1.165) is 0 Å². The average molecular weight is 517 g/mol. The zero-order valence-electron chi connectivity index (χ0n) is 15.0. The molecule has 0 bridgehead atoms. The van der Waals surface area contributed by atoms with Gasteiger partial charge in [0.25, 0.3) is 5.88 Å². The van der Waals surface area contributed by atoms with Gasteiger partial charge in [-0.05, 0) is 38.2 Å². The molecule has 2 N–H and O–H groups in total. The van der Waals surface area contributed by atoms with Crippen molar-refractivity contribution >= 4 is 63.4 Å². The van der Waals surface area contributed by atoms with Crippen LogP contribution in [0.5, 0.6) is 11.5 Å². The fourth-order valence-corrected chi connectivity index (χ4v) is 5.26. The van der Waals surface area contributed by atoms with Crippen molar-refractivity contribution in [2.45, 2.75) is 26.1 Å². The number of hydrogen-bond donors (Lipinski definition) is 2. The third-order valence-electron chi connectivity index (χ3n) is 3.23. The van der Waals surface area contributed by atoms with Gasteiger partial charge in [-0.25, -0.2) is 13.1 Å². The van der Waals surface area contributed by atoms with Gasteiger partial charge in [0.1, 0.15) is 0 Å². The van der Waals surface area contributed by atoms with E-state index in [1.807, 2.05) is 19.6 Å². The Morgan fingerprint density at radius 3 is 2.37 bits per heavy atom. The molecule has 1 heterocycles. The van der Waals surface area contributed by atoms with Crippen LogP contribution < -0.4 is 9.15 Å². The summed E-state index contributed by atoms with van der Waals surface area (Å²) in [5.41, 5.74) is 0.254. The van der Waals surface area contributed by atoms with Gasteiger partial charge in [0, 0.05) is 5.33 Å². The first kappa shape index (κ1) is 22.4. The van der Waals surface area contributed by atoms with Crippen LogP contribution in [0.3, 0.4) is 0 Å². The van der Waals surface area contributed by atoms with E-state index in [1.54, 1.807) is 18.2 Å². The second-order valence-corrected chi connectivity index (χ2v) is 14.6. The summed E-state index contributed by atoms with van der Waals surface area (Å²) in [4.78, 5) is 0. The summed E-state index contributed by atoms with van der Waals surface area (Å²) in [6, 6.07) is 4.82. The van der Waals surface area contributed by atoms with Gasteiger partial charge < -0.3 is 13.9 Å². The lowest BCUT2D eigenvalue weighted by molar-refractivity contribution is 0.440. The maximum absolute atomic E-state index is 12.3. The molecule has 2 aromatic rings. The van der Waals surface area contributed by atoms with Crippen molar-refractivity contribution in [2.24, 2.45) is 0 Å². The molecule has 0 radical (unpaired) electrons. The molecule has 1 aromatic heterocycles. The predicted octanol–water partition coefficient (Wildman–Crippen LogP) is 5.70. The molecule has 11 heteroatoms. The molecule has 6 nitrogen and oxygen atoms in total. The predicted molar refractivity (Wildman–Crippen MR) is 116 cm³/mol. The van der Waals surface area contributed by atoms with Crippen molar-refractivity contribution in [1.82, 2.24) is 0 Å². The summed E-state index contributed by atoms with van der Waals surface area (Å²) in [7, 11) is -5.90. The quantitative estimate of drug-likeness (QED) is 0.347. The molecule has 0 spiro atoms. The van der Waals surface area contributed by atoms with Crippen LogP contribution in [0.15, 0.2) is 22.6 Å². The summed E-state index contributed by atoms with van der Waals surface area (Å²) >= 11 is 15.6. The van der Waals surface area contributed by atoms with E-state index in [0.29, 0.717) is 11.8 Å². The van der Waals surface area contributed by atoms with Gasteiger partial charge in [0.2, 0.25) is 29.8 Å². The Bertz CT molecular complexity index is 907. The minimum absolute atomic E-state index is 0.0583. The molecule has 1 aromatic carbocycles. The Morgan fingerprint density at radius 1 is 1.26 bits per heavy atom. The molecule has 0 unspecified atom stereocenters. The van der Waals surface area contributed by atoms with Gasteiger partial charge in [-0.2, -0.15) is 0 Å². The van der Waals surface area contributed by atoms with Crippen molar-refractivity contribution in [1.29, 1.82) is 0 Å². The molecule has 0 amide bonds. The minimum Gasteiger partial charge on any atom is -0.538 e. The topological polar surface area (TPSA) is 88.8 Å². The molecular weight excluding hydrogens is 497 g/mol. The molecular formula is C16H20BrCl2NO5SSi. The fraction of sp³-hybridized carbons (Fsp3) is 0.375. The Balaban J connectivity index is 2.59. The van der Waals surface area contributed by atoms with Crippen LogP contribution in [0.2, 0.25) is 29.7 Å². The van der Waals surface area contributed by atoms with E-state index in [-0.39, 0.29) is 44.5 Å². The summed E-state index contributed by atoms with van der Waals surface area (Å²) in [5, 5.41) is 11.7. The number of halogens is 3. The highest BCUT2D eigenvalue weighted by Gasteiger charge is 2.31. The van der Waals surface area contributed by atoms with Crippen molar-refractivity contribution < 1.29 is 22.4 Å². The number of anilines is 1. The van der Waals surface area contributed by atoms with Gasteiger partial charge in [0.15, 0.2) is 5.76 Å². The SMILES string of the molecule is C[Si](C)(C)Oc1c(NS(=O)(=O)CCCBr)oc(-c2c(Cl)cccc2Cl)c1O. The first-order chi connectivity index (χ1) is 12.4. The van der Waals surface area contributed by atoms with Crippen LogP contribution in [0.1, 0.15) is 6.42 Å². The largest absolute Gasteiger partial charge is 0.538 e. The molecule has 2 rings (SSSR count). The van der Waals surface area contributed by atoms with Crippen LogP contribution in [0, 0.1) is 0 Å². The first-order valence-electron chi connectivity index (χ1n) is 8.01. The fourth-order valence-electron chi connectivity index (χ4n) is 2.20. The van der Waals surface area contributed by atoms with Crippen molar-refractivity contribution in [3.63, 3.8) is 0 Å². The monoisotopic (exact) mass is 515 g/mol. The van der Waals surface area contributed by atoms with E-state index < -0.39 is 18.3 Å². The summed E-state index contributed by atoms with van der Waals surface area (Å²) in [6.45, 7) is 5.68. The van der Waals surface area contributed by atoms with Crippen molar-refractivity contribution in [2.75, 3.05) is 15.8 Å². The lowest BCUT2D eigenvalue weighted by Gasteiger charge is -2.19. The summed E-state index contributed by atoms with van der Waals surface area (Å²) in [5.74, 6) is -0.797. The van der Waals surface area contributed by atoms with Gasteiger partial charge in [0.05, 0.1) is 21.4 Å². The van der Waals surface area contributed by atoms with Crippen LogP contribution in [0.25, 0.3) is 11.3 Å². The minimum atomic E-state index is -3.70. The highest BCUT2D eigenvalue weighted by molar-refractivity contribution is 9.09. The second kappa shape index (κ2) is 8.65. The van der Waals surface area contributed by atoms with E-state index in [2.05, 4.69) is 20.7 Å². The van der Waals surface area contributed by atoms with Crippen LogP contribution >= 0.6 is 39.1 Å². The molecule has 0 aliphatic heterocycles. The molecule has 0 aliphatic carbocycles. The molecule has 27 heavy (non-hydrogen) atoms. The van der Waals surface area contributed by atoms with Crippen LogP contribution in [-0.2, 0) is 10.0 Å². The van der Waals surface area contributed by atoms with Gasteiger partial charge in [-0.1, -0.05) is 45.2 Å². The second-order valence-electron chi connectivity index (χ2n) is 6.71. The Labute approximate surface area is 178 Å². The number of hydrogen-bond acceptors (Lipinski definition) is 5. The third-order valence-corrected chi connectivity index (χ3v) is 6.56. The Kier molecular flexibility index (Phi) is 7.18. The number of nitrogens with one attached hydrogen (secondary N) is 1. The number of alkyl halides is 1. The zero-order valence-corrected chi connectivity index (χ0v) is 19.9. The Morgan fingerprint density at radius 2 is 1.85 bits per heavy atom. The lowest BCUT2D eigenvalue weighted by Crippen LogP contribution is -2.29. The van der Waals surface area contributed by atoms with Crippen molar-refractivity contribution in [3.05, 3.63) is 28.2 Å². The van der Waals surface area contributed by atoms with Crippen molar-refractivity contribution in [3.8, 4) is 22.8 Å². The third kappa shape index (κ3) is 5.80. The normalized spacial score (nSPS) is 12.2. The molecule has 0 fully saturated rings. The Hall–Kier alpha value is -0.873. The number of benzene rings is 1. The van der Waals surface area contributed by atoms with E-state index in [4.69, 9.17) is 32.0 Å². The van der Waals surface area contributed by atoms with Gasteiger partial charge in [-0.3, -0.25) is 0 Å². The van der Waals surface area contributed by atoms with E-state index in [9.17, 15) is 13.5 Å². The highest BCUT2D eigenvalue weighted by Crippen LogP contribution is 2.50. The van der Waals surface area contributed by atoms with Crippen LogP contribution in [0.4, 0.5) is 5.88 Å². The first-order valence-corrected chi connectivity index (χ1v) is 14.9. The number of rotatable bonds is 8. The van der Waals surface area contributed by atoms with Gasteiger partial charge >= 0.3 is 0 Å². The average Bonchev–Trinajstić information content (AvgIpc) is 2.80. The smallest absolute Gasteiger partial charge is 0.252 e. The lowest BCUT2D eigenvalue weighted by atomic mass is 10.1. The van der Waals surface area contributed by atoms with Crippen LogP contribution in [-0.4, -0.2) is 32.9 Å². The van der Waals surface area contributed by atoms with E-state index in [1.165, 1.54) is 0 Å².